The first-order valence-electron chi connectivity index (χ1n) is 28.0. The van der Waals surface area contributed by atoms with Crippen molar-refractivity contribution in [1.82, 2.24) is 26.6 Å². The van der Waals surface area contributed by atoms with Gasteiger partial charge in [-0.15, -0.1) is 0 Å². The fourth-order valence-corrected chi connectivity index (χ4v) is 7.73. The van der Waals surface area contributed by atoms with E-state index in [-0.39, 0.29) is 135 Å². The predicted molar refractivity (Wildman–Crippen MR) is 287 cm³/mol. The molecule has 0 bridgehead atoms. The summed E-state index contributed by atoms with van der Waals surface area (Å²) in [6, 6.07) is -4.01. The van der Waals surface area contributed by atoms with Gasteiger partial charge in [0.05, 0.1) is 33.0 Å². The summed E-state index contributed by atoms with van der Waals surface area (Å²) in [5, 5.41) is 49.7. The molecular weight excluding hydrogens is 1020 g/mol. The van der Waals surface area contributed by atoms with Crippen LogP contribution in [0.4, 0.5) is 0 Å². The maximum Gasteiger partial charge on any atom is 0.326 e. The Balaban J connectivity index is 0. The average Bonchev–Trinajstić information content (AvgIpc) is 3.38. The minimum atomic E-state index is -1.41. The molecule has 450 valence electrons. The number of nitrogens with one attached hydrogen (secondary N) is 5. The maximum atomic E-state index is 12.5. The Hall–Kier alpha value is -5.59. The van der Waals surface area contributed by atoms with Gasteiger partial charge in [0.1, 0.15) is 37.1 Å². The molecule has 78 heavy (non-hydrogen) atoms. The van der Waals surface area contributed by atoms with Gasteiger partial charge in [-0.3, -0.25) is 38.4 Å². The molecule has 9 N–H and O–H groups in total. The Labute approximate surface area is 461 Å². The Kier molecular flexibility index (Phi) is 45.1. The van der Waals surface area contributed by atoms with E-state index in [1.807, 2.05) is 6.92 Å². The molecule has 0 aliphatic heterocycles. The molecule has 0 spiro atoms. The molecule has 24 nitrogen and oxygen atoms in total. The number of Topliss-reactive ketones (excluding diaryl/α,β-unsaturated/α-hetero) is 2. The Morgan fingerprint density at radius 1 is 0.372 bits per heavy atom. The predicted octanol–water partition coefficient (Wildman–Crippen LogP) is 4.65. The number of hydrogen-bond donors (Lipinski definition) is 9. The largest absolute Gasteiger partial charge is 0.481 e. The number of carboxylic acids is 4. The maximum absolute atomic E-state index is 12.5. The molecule has 0 aromatic heterocycles. The van der Waals surface area contributed by atoms with Gasteiger partial charge < -0.3 is 66.0 Å². The lowest BCUT2D eigenvalue weighted by molar-refractivity contribution is -0.143. The van der Waals surface area contributed by atoms with Gasteiger partial charge in [-0.25, -0.2) is 14.4 Å². The third-order valence-corrected chi connectivity index (χ3v) is 12.6. The summed E-state index contributed by atoms with van der Waals surface area (Å²) < 4.78 is 21.3. The lowest BCUT2D eigenvalue weighted by Gasteiger charge is -2.17. The number of hydrogen-bond acceptors (Lipinski definition) is 15. The van der Waals surface area contributed by atoms with Gasteiger partial charge in [-0.1, -0.05) is 90.4 Å². The van der Waals surface area contributed by atoms with Crippen LogP contribution >= 0.6 is 0 Å². The number of rotatable bonds is 55. The molecule has 0 radical (unpaired) electrons. The second-order valence-corrected chi connectivity index (χ2v) is 19.5. The molecule has 0 heterocycles. The fourth-order valence-electron chi connectivity index (χ4n) is 7.73. The van der Waals surface area contributed by atoms with Gasteiger partial charge in [0.2, 0.25) is 29.5 Å². The Morgan fingerprint density at radius 3 is 1.24 bits per heavy atom. The molecule has 0 unspecified atom stereocenters. The van der Waals surface area contributed by atoms with Crippen LogP contribution in [-0.2, 0) is 71.7 Å². The zero-order chi connectivity index (χ0) is 58.2. The second-order valence-electron chi connectivity index (χ2n) is 19.5. The summed E-state index contributed by atoms with van der Waals surface area (Å²) in [4.78, 5) is 131. The van der Waals surface area contributed by atoms with Crippen LogP contribution in [0.2, 0.25) is 0 Å². The molecule has 4 atom stereocenters. The minimum Gasteiger partial charge on any atom is -0.481 e. The molecule has 0 aromatic carbocycles. The summed E-state index contributed by atoms with van der Waals surface area (Å²) >= 11 is 0. The van der Waals surface area contributed by atoms with Gasteiger partial charge in [0.15, 0.2) is 5.78 Å². The van der Waals surface area contributed by atoms with Gasteiger partial charge >= 0.3 is 23.9 Å². The van der Waals surface area contributed by atoms with E-state index in [2.05, 4.69) is 26.6 Å². The van der Waals surface area contributed by atoms with Crippen LogP contribution in [0.1, 0.15) is 189 Å². The normalized spacial score (nSPS) is 12.6. The summed E-state index contributed by atoms with van der Waals surface area (Å²) in [6.45, 7) is 4.11. The van der Waals surface area contributed by atoms with Crippen LogP contribution < -0.4 is 26.6 Å². The van der Waals surface area contributed by atoms with Crippen LogP contribution in [0.3, 0.4) is 0 Å². The highest BCUT2D eigenvalue weighted by molar-refractivity contribution is 5.87. The topological polar surface area (TPSA) is 366 Å². The van der Waals surface area contributed by atoms with Crippen LogP contribution in [0.25, 0.3) is 0 Å². The summed E-state index contributed by atoms with van der Waals surface area (Å²) in [5.41, 5.74) is 0. The number of amides is 5. The van der Waals surface area contributed by atoms with E-state index in [9.17, 15) is 68.1 Å². The van der Waals surface area contributed by atoms with Gasteiger partial charge in [0, 0.05) is 65.6 Å². The Morgan fingerprint density at radius 2 is 0.769 bits per heavy atom. The van der Waals surface area contributed by atoms with Crippen molar-refractivity contribution in [3.8, 4) is 0 Å². The van der Waals surface area contributed by atoms with E-state index in [0.29, 0.717) is 25.8 Å². The molecule has 0 aliphatic rings. The van der Waals surface area contributed by atoms with Crippen molar-refractivity contribution in [3.05, 3.63) is 0 Å². The van der Waals surface area contributed by atoms with Crippen molar-refractivity contribution in [1.29, 1.82) is 0 Å². The average molecular weight is 1120 g/mol. The number of aliphatic carboxylic acids is 4. The molecular formula is C54H95N5O19. The lowest BCUT2D eigenvalue weighted by Crippen LogP contribution is -2.44. The number of ether oxygens (including phenoxy) is 4. The first-order chi connectivity index (χ1) is 37.3. The smallest absolute Gasteiger partial charge is 0.326 e. The standard InChI is InChI=1S/C54H93N5O19.H2/c1-40(41(2)60)20-17-18-30-55-46(62)27-25-45(54(73)74)59-50(66)39-78-37-34-75-32-19-21-42(61)38-77-36-35-76-33-31-56-47(63)28-24-43(52(69)70)58-49(65)29-26-44(53(71)72)57-48(64)22-15-13-11-9-7-5-3-4-6-8-10-12-14-16-23-51(67)68;/h40,43-45H,3-39H2,1-2H3,(H,55,62)(H,56,63)(H,57,64)(H,58,65)(H,59,66)(H,67,68)(H,69,70)(H,71,72)(H,73,74);1H/t40-,43-,44-,45-;/m0./s1. The molecule has 0 aliphatic carbocycles. The Bertz CT molecular complexity index is 1780. The number of carbonyl (C=O) groups is 11. The fraction of sp³-hybridized carbons (Fsp3) is 0.796. The number of carboxylic acid groups (broad SMARTS) is 4. The summed E-state index contributed by atoms with van der Waals surface area (Å²) in [7, 11) is 0. The molecule has 5 amide bonds. The van der Waals surface area contributed by atoms with E-state index < -0.39 is 72.2 Å². The van der Waals surface area contributed by atoms with Crippen LogP contribution in [0.15, 0.2) is 0 Å². The van der Waals surface area contributed by atoms with Crippen molar-refractivity contribution < 1.29 is 93.5 Å². The highest BCUT2D eigenvalue weighted by Gasteiger charge is 2.25. The SMILES string of the molecule is CC(=O)[C@@H](C)CCCCNC(=O)CC[C@H](NC(=O)COCCOCCCC(=O)COCCOCCNC(=O)CC[C@H](NC(=O)CC[C@H](NC(=O)CCCCCCCCCCCCCCCCC(=O)O)C(=O)O)C(=O)O)C(=O)O.[HH]. The molecule has 0 fully saturated rings. The van der Waals surface area contributed by atoms with E-state index in [4.69, 9.17) is 24.1 Å². The van der Waals surface area contributed by atoms with Crippen LogP contribution in [0, 0.1) is 5.92 Å². The highest BCUT2D eigenvalue weighted by atomic mass is 16.5. The van der Waals surface area contributed by atoms with Crippen LogP contribution in [0.5, 0.6) is 0 Å². The van der Waals surface area contributed by atoms with Crippen molar-refractivity contribution in [2.45, 2.75) is 205 Å². The summed E-state index contributed by atoms with van der Waals surface area (Å²) in [5.74, 6) is -7.46. The van der Waals surface area contributed by atoms with E-state index >= 15 is 0 Å². The van der Waals surface area contributed by atoms with Crippen LogP contribution in [-0.4, -0.2) is 169 Å². The quantitative estimate of drug-likeness (QED) is 0.0374. The van der Waals surface area contributed by atoms with Crippen molar-refractivity contribution in [3.63, 3.8) is 0 Å². The van der Waals surface area contributed by atoms with Gasteiger partial charge in [-0.2, -0.15) is 0 Å². The second kappa shape index (κ2) is 48.5. The van der Waals surface area contributed by atoms with Crippen molar-refractivity contribution >= 4 is 65.0 Å². The number of unbranched alkanes of at least 4 members (excludes halogenated alkanes) is 14. The first-order valence-corrected chi connectivity index (χ1v) is 28.0. The molecule has 0 saturated carbocycles. The molecule has 0 rings (SSSR count). The highest BCUT2D eigenvalue weighted by Crippen LogP contribution is 2.14. The monoisotopic (exact) mass is 1120 g/mol. The zero-order valence-electron chi connectivity index (χ0n) is 46.4. The third-order valence-electron chi connectivity index (χ3n) is 12.6. The zero-order valence-corrected chi connectivity index (χ0v) is 46.4. The number of carbonyl (C=O) groups excluding carboxylic acids is 7. The molecule has 24 heteroatoms. The molecule has 0 aromatic rings. The first kappa shape index (κ1) is 72.4. The van der Waals surface area contributed by atoms with Crippen molar-refractivity contribution in [2.24, 2.45) is 5.92 Å². The lowest BCUT2D eigenvalue weighted by atomic mass is 10.0. The minimum absolute atomic E-state index is 0. The van der Waals surface area contributed by atoms with E-state index in [0.717, 1.165) is 70.6 Å². The van der Waals surface area contributed by atoms with E-state index in [1.165, 1.54) is 25.7 Å². The van der Waals surface area contributed by atoms with Gasteiger partial charge in [-0.05, 0) is 58.3 Å². The number of ketones is 2. The van der Waals surface area contributed by atoms with Gasteiger partial charge in [0.25, 0.3) is 0 Å². The summed E-state index contributed by atoms with van der Waals surface area (Å²) in [6.07, 6.45) is 16.3. The van der Waals surface area contributed by atoms with Crippen molar-refractivity contribution in [2.75, 3.05) is 65.9 Å². The van der Waals surface area contributed by atoms with E-state index in [1.54, 1.807) is 6.92 Å². The molecule has 0 saturated heterocycles. The third kappa shape index (κ3) is 45.4.